The fourth-order valence-corrected chi connectivity index (χ4v) is 2.46. The standard InChI is InChI=1S/C16H15F3IN/c1-10-3-8-14(9-15(10)16(17,18)19)21-11(2)12-4-6-13(20)7-5-12/h3-9,11,21H,1-2H3. The van der Waals surface area contributed by atoms with Crippen LogP contribution in [0.5, 0.6) is 0 Å². The highest BCUT2D eigenvalue weighted by molar-refractivity contribution is 14.1. The zero-order chi connectivity index (χ0) is 15.6. The van der Waals surface area contributed by atoms with Crippen molar-refractivity contribution >= 4 is 28.3 Å². The fraction of sp³-hybridized carbons (Fsp3) is 0.250. The Labute approximate surface area is 135 Å². The van der Waals surface area contributed by atoms with Crippen LogP contribution in [0, 0.1) is 10.5 Å². The number of aryl methyl sites for hydroxylation is 1. The average molecular weight is 405 g/mol. The minimum Gasteiger partial charge on any atom is -0.379 e. The Bertz CT molecular complexity index is 620. The van der Waals surface area contributed by atoms with Gasteiger partial charge in [-0.15, -0.1) is 0 Å². The summed E-state index contributed by atoms with van der Waals surface area (Å²) in [6, 6.07) is 12.2. The van der Waals surface area contributed by atoms with E-state index in [1.54, 1.807) is 6.07 Å². The lowest BCUT2D eigenvalue weighted by Gasteiger charge is -2.18. The van der Waals surface area contributed by atoms with E-state index in [4.69, 9.17) is 0 Å². The van der Waals surface area contributed by atoms with E-state index in [2.05, 4.69) is 27.9 Å². The number of rotatable bonds is 3. The van der Waals surface area contributed by atoms with E-state index >= 15 is 0 Å². The maximum atomic E-state index is 12.9. The molecule has 1 nitrogen and oxygen atoms in total. The largest absolute Gasteiger partial charge is 0.416 e. The van der Waals surface area contributed by atoms with Crippen LogP contribution < -0.4 is 5.32 Å². The van der Waals surface area contributed by atoms with E-state index in [1.807, 2.05) is 31.2 Å². The molecule has 0 aliphatic carbocycles. The summed E-state index contributed by atoms with van der Waals surface area (Å²) in [6.07, 6.45) is -4.33. The first-order chi connectivity index (χ1) is 9.77. The van der Waals surface area contributed by atoms with Crippen molar-refractivity contribution in [3.63, 3.8) is 0 Å². The van der Waals surface area contributed by atoms with Gasteiger partial charge in [-0.05, 0) is 71.8 Å². The maximum Gasteiger partial charge on any atom is 0.416 e. The summed E-state index contributed by atoms with van der Waals surface area (Å²) < 4.78 is 39.8. The monoisotopic (exact) mass is 405 g/mol. The molecule has 0 aromatic heterocycles. The highest BCUT2D eigenvalue weighted by Crippen LogP contribution is 2.34. The Hall–Kier alpha value is -1.24. The van der Waals surface area contributed by atoms with E-state index in [1.165, 1.54) is 19.1 Å². The summed E-state index contributed by atoms with van der Waals surface area (Å²) in [5.74, 6) is 0. The molecule has 5 heteroatoms. The van der Waals surface area contributed by atoms with Crippen molar-refractivity contribution < 1.29 is 13.2 Å². The van der Waals surface area contributed by atoms with Crippen LogP contribution in [0.25, 0.3) is 0 Å². The molecule has 0 bridgehead atoms. The molecule has 0 heterocycles. The molecule has 0 saturated heterocycles. The Morgan fingerprint density at radius 3 is 2.24 bits per heavy atom. The Morgan fingerprint density at radius 2 is 1.67 bits per heavy atom. The van der Waals surface area contributed by atoms with Gasteiger partial charge in [0.1, 0.15) is 0 Å². The second kappa shape index (κ2) is 6.25. The van der Waals surface area contributed by atoms with E-state index in [-0.39, 0.29) is 11.6 Å². The summed E-state index contributed by atoms with van der Waals surface area (Å²) in [7, 11) is 0. The minimum absolute atomic E-state index is 0.0641. The average Bonchev–Trinajstić information content (AvgIpc) is 2.40. The second-order valence-electron chi connectivity index (χ2n) is 4.95. The maximum absolute atomic E-state index is 12.9. The van der Waals surface area contributed by atoms with Crippen molar-refractivity contribution in [2.45, 2.75) is 26.1 Å². The molecule has 21 heavy (non-hydrogen) atoms. The lowest BCUT2D eigenvalue weighted by atomic mass is 10.1. The normalized spacial score (nSPS) is 13.0. The van der Waals surface area contributed by atoms with Gasteiger partial charge in [0.05, 0.1) is 5.56 Å². The highest BCUT2D eigenvalue weighted by Gasteiger charge is 2.32. The zero-order valence-corrected chi connectivity index (χ0v) is 13.8. The number of benzene rings is 2. The summed E-state index contributed by atoms with van der Waals surface area (Å²) in [6.45, 7) is 3.39. The predicted octanol–water partition coefficient (Wildman–Crippen LogP) is 5.79. The first-order valence-corrected chi connectivity index (χ1v) is 7.55. The molecule has 0 spiro atoms. The van der Waals surface area contributed by atoms with E-state index in [0.29, 0.717) is 5.69 Å². The van der Waals surface area contributed by atoms with Crippen molar-refractivity contribution in [3.8, 4) is 0 Å². The Morgan fingerprint density at radius 1 is 1.05 bits per heavy atom. The van der Waals surface area contributed by atoms with Gasteiger partial charge in [-0.3, -0.25) is 0 Å². The molecular weight excluding hydrogens is 390 g/mol. The van der Waals surface area contributed by atoms with Crippen molar-refractivity contribution in [3.05, 3.63) is 62.7 Å². The molecule has 2 aromatic rings. The minimum atomic E-state index is -4.33. The van der Waals surface area contributed by atoms with Crippen molar-refractivity contribution in [2.24, 2.45) is 0 Å². The van der Waals surface area contributed by atoms with Crippen LogP contribution in [0.15, 0.2) is 42.5 Å². The first kappa shape index (κ1) is 16.1. The molecule has 112 valence electrons. The van der Waals surface area contributed by atoms with Crippen LogP contribution in [0.1, 0.15) is 29.7 Å². The summed E-state index contributed by atoms with van der Waals surface area (Å²) >= 11 is 2.21. The SMILES string of the molecule is Cc1ccc(NC(C)c2ccc(I)cc2)cc1C(F)(F)F. The zero-order valence-electron chi connectivity index (χ0n) is 11.6. The molecule has 1 atom stereocenters. The van der Waals surface area contributed by atoms with E-state index in [0.717, 1.165) is 9.13 Å². The van der Waals surface area contributed by atoms with Gasteiger partial charge < -0.3 is 5.32 Å². The van der Waals surface area contributed by atoms with Crippen LogP contribution in [0.3, 0.4) is 0 Å². The summed E-state index contributed by atoms with van der Waals surface area (Å²) in [5, 5.41) is 3.11. The fourth-order valence-electron chi connectivity index (χ4n) is 2.10. The number of halogens is 4. The van der Waals surface area contributed by atoms with Crippen LogP contribution >= 0.6 is 22.6 Å². The number of hydrogen-bond acceptors (Lipinski definition) is 1. The van der Waals surface area contributed by atoms with Gasteiger partial charge in [0.15, 0.2) is 0 Å². The smallest absolute Gasteiger partial charge is 0.379 e. The third kappa shape index (κ3) is 4.12. The van der Waals surface area contributed by atoms with Gasteiger partial charge in [-0.1, -0.05) is 18.2 Å². The van der Waals surface area contributed by atoms with Gasteiger partial charge in [-0.2, -0.15) is 13.2 Å². The van der Waals surface area contributed by atoms with Crippen molar-refractivity contribution in [2.75, 3.05) is 5.32 Å². The predicted molar refractivity (Wildman–Crippen MR) is 87.4 cm³/mol. The van der Waals surface area contributed by atoms with Crippen LogP contribution in [0.4, 0.5) is 18.9 Å². The second-order valence-corrected chi connectivity index (χ2v) is 6.19. The van der Waals surface area contributed by atoms with Gasteiger partial charge in [-0.25, -0.2) is 0 Å². The highest BCUT2D eigenvalue weighted by atomic mass is 127. The van der Waals surface area contributed by atoms with Crippen LogP contribution in [-0.4, -0.2) is 0 Å². The molecule has 0 amide bonds. The lowest BCUT2D eigenvalue weighted by Crippen LogP contribution is -2.11. The molecular formula is C16H15F3IN. The van der Waals surface area contributed by atoms with Gasteiger partial charge in [0.25, 0.3) is 0 Å². The van der Waals surface area contributed by atoms with Crippen LogP contribution in [0.2, 0.25) is 0 Å². The van der Waals surface area contributed by atoms with E-state index < -0.39 is 11.7 Å². The molecule has 0 aliphatic rings. The summed E-state index contributed by atoms with van der Waals surface area (Å²) in [5.41, 5.74) is 1.14. The van der Waals surface area contributed by atoms with Gasteiger partial charge in [0, 0.05) is 15.3 Å². The van der Waals surface area contributed by atoms with E-state index in [9.17, 15) is 13.2 Å². The summed E-state index contributed by atoms with van der Waals surface area (Å²) in [4.78, 5) is 0. The third-order valence-electron chi connectivity index (χ3n) is 3.30. The van der Waals surface area contributed by atoms with Crippen LogP contribution in [-0.2, 0) is 6.18 Å². The molecule has 1 N–H and O–H groups in total. The lowest BCUT2D eigenvalue weighted by molar-refractivity contribution is -0.138. The molecule has 0 radical (unpaired) electrons. The number of anilines is 1. The van der Waals surface area contributed by atoms with Gasteiger partial charge in [0.2, 0.25) is 0 Å². The Kier molecular flexibility index (Phi) is 4.81. The number of alkyl halides is 3. The third-order valence-corrected chi connectivity index (χ3v) is 4.02. The number of hydrogen-bond donors (Lipinski definition) is 1. The van der Waals surface area contributed by atoms with Crippen molar-refractivity contribution in [1.82, 2.24) is 0 Å². The quantitative estimate of drug-likeness (QED) is 0.638. The first-order valence-electron chi connectivity index (χ1n) is 6.47. The molecule has 0 saturated carbocycles. The van der Waals surface area contributed by atoms with Gasteiger partial charge >= 0.3 is 6.18 Å². The van der Waals surface area contributed by atoms with Crippen molar-refractivity contribution in [1.29, 1.82) is 0 Å². The molecule has 0 aliphatic heterocycles. The Balaban J connectivity index is 2.21. The molecule has 2 aromatic carbocycles. The molecule has 0 fully saturated rings. The molecule has 1 unspecified atom stereocenters. The molecule has 2 rings (SSSR count). The number of nitrogens with one attached hydrogen (secondary N) is 1. The topological polar surface area (TPSA) is 12.0 Å².